The van der Waals surface area contributed by atoms with Gasteiger partial charge >= 0.3 is 0 Å². The van der Waals surface area contributed by atoms with Crippen LogP contribution in [0.5, 0.6) is 0 Å². The number of nitrogens with zero attached hydrogens (tertiary/aromatic N) is 3. The van der Waals surface area contributed by atoms with Gasteiger partial charge in [0.2, 0.25) is 0 Å². The lowest BCUT2D eigenvalue weighted by atomic mass is 9.66. The first-order valence-corrected chi connectivity index (χ1v) is 14.0. The van der Waals surface area contributed by atoms with Gasteiger partial charge in [0.1, 0.15) is 11.5 Å². The Morgan fingerprint density at radius 1 is 1.14 bits per heavy atom. The van der Waals surface area contributed by atoms with Crippen LogP contribution >= 0.6 is 23.2 Å². The molecule has 3 fully saturated rings. The minimum atomic E-state index is 0.259. The Kier molecular flexibility index (Phi) is 5.62. The summed E-state index contributed by atoms with van der Waals surface area (Å²) in [7, 11) is 2.13. The average molecular weight is 537 g/mol. The number of hydrogen-bond donors (Lipinski definition) is 0. The molecule has 4 aromatic rings. The summed E-state index contributed by atoms with van der Waals surface area (Å²) in [5.74, 6) is 1.38. The fraction of sp³-hybridized carbons (Fsp3) is 0.433. The first kappa shape index (κ1) is 23.6. The van der Waals surface area contributed by atoms with E-state index in [1.807, 2.05) is 18.2 Å². The maximum Gasteiger partial charge on any atom is 0.145 e. The van der Waals surface area contributed by atoms with Crippen molar-refractivity contribution in [1.82, 2.24) is 9.72 Å². The van der Waals surface area contributed by atoms with Crippen molar-refractivity contribution in [3.63, 3.8) is 0 Å². The van der Waals surface area contributed by atoms with Crippen LogP contribution in [-0.2, 0) is 18.4 Å². The fourth-order valence-corrected chi connectivity index (χ4v) is 7.11. The Bertz CT molecular complexity index is 1480. The third-order valence-corrected chi connectivity index (χ3v) is 9.36. The molecular weight excluding hydrogens is 505 g/mol. The molecule has 0 atom stereocenters. The highest BCUT2D eigenvalue weighted by atomic mass is 35.5. The van der Waals surface area contributed by atoms with Crippen LogP contribution in [0.2, 0.25) is 10.0 Å². The molecule has 5 nitrogen and oxygen atoms in total. The lowest BCUT2D eigenvalue weighted by Gasteiger charge is -2.45. The zero-order valence-corrected chi connectivity index (χ0v) is 22.8. The highest BCUT2D eigenvalue weighted by Gasteiger charge is 2.49. The van der Waals surface area contributed by atoms with Crippen LogP contribution in [-0.4, -0.2) is 28.9 Å². The van der Waals surface area contributed by atoms with Crippen molar-refractivity contribution in [3.05, 3.63) is 69.5 Å². The SMILES string of the molecule is Cc1cn(C)c2cc(N3CCC4(CC(OCc5c(-c6c(Cl)cccc6Cl)noc5C5CC5)C4)C3)ccc12. The molecule has 0 amide bonds. The Hall–Kier alpha value is -2.47. The molecule has 2 aliphatic carbocycles. The van der Waals surface area contributed by atoms with Gasteiger partial charge < -0.3 is 18.7 Å². The van der Waals surface area contributed by atoms with E-state index in [1.54, 1.807) is 0 Å². The van der Waals surface area contributed by atoms with E-state index in [9.17, 15) is 0 Å². The number of rotatable bonds is 6. The van der Waals surface area contributed by atoms with Gasteiger partial charge in [-0.3, -0.25) is 0 Å². The molecule has 1 aliphatic heterocycles. The van der Waals surface area contributed by atoms with Gasteiger partial charge in [0.15, 0.2) is 0 Å². The van der Waals surface area contributed by atoms with Crippen LogP contribution in [0.3, 0.4) is 0 Å². The summed E-state index contributed by atoms with van der Waals surface area (Å²) in [5, 5.41) is 6.91. The van der Waals surface area contributed by atoms with Crippen LogP contribution in [0.15, 0.2) is 47.1 Å². The zero-order chi connectivity index (χ0) is 25.3. The monoisotopic (exact) mass is 535 g/mol. The molecule has 3 heterocycles. The summed E-state index contributed by atoms with van der Waals surface area (Å²) in [6.45, 7) is 4.87. The van der Waals surface area contributed by atoms with Crippen molar-refractivity contribution in [1.29, 1.82) is 0 Å². The van der Waals surface area contributed by atoms with E-state index >= 15 is 0 Å². The Morgan fingerprint density at radius 3 is 2.68 bits per heavy atom. The van der Waals surface area contributed by atoms with Gasteiger partial charge in [-0.15, -0.1) is 0 Å². The molecular formula is C30H31Cl2N3O2. The smallest absolute Gasteiger partial charge is 0.145 e. The van der Waals surface area contributed by atoms with E-state index in [-0.39, 0.29) is 6.10 Å². The largest absolute Gasteiger partial charge is 0.373 e. The highest BCUT2D eigenvalue weighted by molar-refractivity contribution is 6.39. The van der Waals surface area contributed by atoms with Gasteiger partial charge in [0, 0.05) is 54.5 Å². The summed E-state index contributed by atoms with van der Waals surface area (Å²) >= 11 is 13.0. The lowest BCUT2D eigenvalue weighted by Crippen LogP contribution is -2.44. The molecule has 1 spiro atoms. The standard InChI is InChI=1S/C30H31Cl2N3O2/c1-18-15-34(2)26-12-20(8-9-22(18)26)35-11-10-30(17-35)13-21(14-30)36-16-23-28(33-37-29(23)19-6-7-19)27-24(31)4-3-5-25(27)32/h3-5,8-9,12,15,19,21H,6-7,10-11,13-14,16-17H2,1-2H3. The molecule has 1 saturated heterocycles. The molecule has 192 valence electrons. The Balaban J connectivity index is 1.04. The van der Waals surface area contributed by atoms with E-state index in [2.05, 4.69) is 53.0 Å². The van der Waals surface area contributed by atoms with Crippen molar-refractivity contribution < 1.29 is 9.26 Å². The number of aryl methyl sites for hydroxylation is 2. The Labute approximate surface area is 227 Å². The van der Waals surface area contributed by atoms with Gasteiger partial charge in [-0.1, -0.05) is 40.5 Å². The number of ether oxygens (including phenoxy) is 1. The predicted octanol–water partition coefficient (Wildman–Crippen LogP) is 7.90. The predicted molar refractivity (Wildman–Crippen MR) is 149 cm³/mol. The van der Waals surface area contributed by atoms with E-state index in [0.717, 1.165) is 61.4 Å². The first-order chi connectivity index (χ1) is 17.9. The highest BCUT2D eigenvalue weighted by Crippen LogP contribution is 2.51. The van der Waals surface area contributed by atoms with Crippen LogP contribution < -0.4 is 4.90 Å². The van der Waals surface area contributed by atoms with E-state index in [0.29, 0.717) is 28.0 Å². The van der Waals surface area contributed by atoms with Crippen LogP contribution in [0.25, 0.3) is 22.2 Å². The van der Waals surface area contributed by atoms with E-state index in [4.69, 9.17) is 32.5 Å². The third kappa shape index (κ3) is 4.07. The fourth-order valence-electron chi connectivity index (χ4n) is 6.53. The molecule has 37 heavy (non-hydrogen) atoms. The summed E-state index contributed by atoms with van der Waals surface area (Å²) < 4.78 is 14.5. The maximum atomic E-state index is 6.52. The van der Waals surface area contributed by atoms with Gasteiger partial charge in [-0.25, -0.2) is 0 Å². The van der Waals surface area contributed by atoms with E-state index < -0.39 is 0 Å². The minimum absolute atomic E-state index is 0.259. The van der Waals surface area contributed by atoms with Crippen LogP contribution in [0.4, 0.5) is 5.69 Å². The topological polar surface area (TPSA) is 43.4 Å². The second kappa shape index (κ2) is 8.79. The molecule has 2 saturated carbocycles. The third-order valence-electron chi connectivity index (χ3n) is 8.73. The molecule has 7 heteroatoms. The van der Waals surface area contributed by atoms with Gasteiger partial charge in [0.25, 0.3) is 0 Å². The Morgan fingerprint density at radius 2 is 1.92 bits per heavy atom. The van der Waals surface area contributed by atoms with Crippen molar-refractivity contribution in [3.8, 4) is 11.3 Å². The van der Waals surface area contributed by atoms with Crippen molar-refractivity contribution in [2.45, 2.75) is 57.7 Å². The van der Waals surface area contributed by atoms with Crippen LogP contribution in [0, 0.1) is 12.3 Å². The summed E-state index contributed by atoms with van der Waals surface area (Å²) in [6, 6.07) is 12.4. The van der Waals surface area contributed by atoms with Crippen LogP contribution in [0.1, 0.15) is 54.9 Å². The molecule has 2 aromatic carbocycles. The number of benzene rings is 2. The van der Waals surface area contributed by atoms with Gasteiger partial charge in [-0.05, 0) is 74.3 Å². The second-order valence-corrected chi connectivity index (χ2v) is 12.2. The molecule has 0 unspecified atom stereocenters. The maximum absolute atomic E-state index is 6.52. The number of aromatic nitrogens is 2. The zero-order valence-electron chi connectivity index (χ0n) is 21.3. The lowest BCUT2D eigenvalue weighted by molar-refractivity contribution is -0.0796. The number of fused-ring (bicyclic) bond motifs is 1. The van der Waals surface area contributed by atoms with Crippen molar-refractivity contribution in [2.24, 2.45) is 12.5 Å². The minimum Gasteiger partial charge on any atom is -0.373 e. The summed E-state index contributed by atoms with van der Waals surface area (Å²) in [4.78, 5) is 2.56. The average Bonchev–Trinajstić information content (AvgIpc) is 3.35. The van der Waals surface area contributed by atoms with Crippen molar-refractivity contribution in [2.75, 3.05) is 18.0 Å². The van der Waals surface area contributed by atoms with Gasteiger partial charge in [0.05, 0.1) is 28.3 Å². The molecule has 0 bridgehead atoms. The van der Waals surface area contributed by atoms with Crippen molar-refractivity contribution >= 4 is 39.8 Å². The quantitative estimate of drug-likeness (QED) is 0.251. The van der Waals surface area contributed by atoms with Gasteiger partial charge in [-0.2, -0.15) is 0 Å². The summed E-state index contributed by atoms with van der Waals surface area (Å²) in [6.07, 6.45) is 8.15. The second-order valence-electron chi connectivity index (χ2n) is 11.4. The normalized spacial score (nSPS) is 23.4. The molecule has 2 aromatic heterocycles. The van der Waals surface area contributed by atoms with E-state index in [1.165, 1.54) is 28.6 Å². The molecule has 7 rings (SSSR count). The number of anilines is 1. The molecule has 3 aliphatic rings. The number of halogens is 2. The molecule has 0 N–H and O–H groups in total. The number of hydrogen-bond acceptors (Lipinski definition) is 4. The first-order valence-electron chi connectivity index (χ1n) is 13.3. The molecule has 0 radical (unpaired) electrons. The summed E-state index contributed by atoms with van der Waals surface area (Å²) in [5.41, 5.74) is 6.80.